The van der Waals surface area contributed by atoms with Crippen LogP contribution in [0.1, 0.15) is 6.42 Å². The summed E-state index contributed by atoms with van der Waals surface area (Å²) < 4.78 is 17.3. The first-order valence-corrected chi connectivity index (χ1v) is 9.32. The average Bonchev–Trinajstić information content (AvgIpc) is 3.53. The first-order chi connectivity index (χ1) is 14.2. The number of methoxy groups -OCH3 is 1. The summed E-state index contributed by atoms with van der Waals surface area (Å²) in [5.74, 6) is 2.65. The third kappa shape index (κ3) is 4.22. The number of hydrogen-bond donors (Lipinski definition) is 2. The van der Waals surface area contributed by atoms with Gasteiger partial charge in [0, 0.05) is 24.6 Å². The lowest BCUT2D eigenvalue weighted by molar-refractivity contribution is 0.234. The second-order valence-electron chi connectivity index (χ2n) is 6.80. The molecule has 29 heavy (non-hydrogen) atoms. The van der Waals surface area contributed by atoms with E-state index in [-0.39, 0.29) is 30.0 Å². The summed E-state index contributed by atoms with van der Waals surface area (Å²) in [7, 11) is 1.56. The molecule has 8 nitrogen and oxygen atoms in total. The van der Waals surface area contributed by atoms with Gasteiger partial charge in [0.2, 0.25) is 5.75 Å². The Kier molecular flexibility index (Phi) is 5.44. The first kappa shape index (κ1) is 18.9. The molecule has 3 aromatic rings. The van der Waals surface area contributed by atoms with Crippen molar-refractivity contribution in [1.29, 1.82) is 0 Å². The number of hydrogen-bond acceptors (Lipinski definition) is 8. The number of aliphatic hydroxyl groups is 1. The summed E-state index contributed by atoms with van der Waals surface area (Å²) in [5, 5.41) is 9.27. The number of nitrogens with zero attached hydrogens (tertiary/aromatic N) is 3. The van der Waals surface area contributed by atoms with Gasteiger partial charge in [-0.05, 0) is 42.5 Å². The lowest BCUT2D eigenvalue weighted by Gasteiger charge is -2.16. The molecular formula is C21H22N4O4. The van der Waals surface area contributed by atoms with Crippen LogP contribution in [0.25, 0.3) is 11.4 Å². The molecule has 0 unspecified atom stereocenters. The zero-order valence-corrected chi connectivity index (χ0v) is 16.0. The van der Waals surface area contributed by atoms with Gasteiger partial charge >= 0.3 is 0 Å². The number of aliphatic hydroxyl groups excluding tert-OH is 1. The maximum Gasteiger partial charge on any atom is 0.263 e. The number of nitrogens with two attached hydrogens (primary N) is 1. The van der Waals surface area contributed by atoms with Crippen molar-refractivity contribution < 1.29 is 19.3 Å². The molecule has 1 fully saturated rings. The van der Waals surface area contributed by atoms with Gasteiger partial charge in [-0.2, -0.15) is 4.98 Å². The highest BCUT2D eigenvalue weighted by atomic mass is 16.5. The zero-order valence-electron chi connectivity index (χ0n) is 16.0. The summed E-state index contributed by atoms with van der Waals surface area (Å²) in [4.78, 5) is 12.9. The maximum absolute atomic E-state index is 9.27. The van der Waals surface area contributed by atoms with Crippen LogP contribution in [-0.2, 0) is 0 Å². The number of aromatic nitrogens is 3. The van der Waals surface area contributed by atoms with Gasteiger partial charge in [0.05, 0.1) is 13.7 Å². The first-order valence-electron chi connectivity index (χ1n) is 9.32. The normalized spacial score (nSPS) is 17.6. The molecule has 1 aliphatic rings. The van der Waals surface area contributed by atoms with E-state index >= 15 is 0 Å². The minimum Gasteiger partial charge on any atom is -0.493 e. The van der Waals surface area contributed by atoms with Gasteiger partial charge < -0.3 is 25.1 Å². The predicted octanol–water partition coefficient (Wildman–Crippen LogP) is 2.93. The molecule has 0 amide bonds. The minimum atomic E-state index is 0.155. The van der Waals surface area contributed by atoms with E-state index in [0.717, 1.165) is 12.0 Å². The summed E-state index contributed by atoms with van der Waals surface area (Å²) >= 11 is 0. The standard InChI is InChI=1S/C21H22N4O4/c1-27-16-4-2-3-5-17(16)29-18-19(22)24-20(13-6-8-23-9-7-13)25-21(18)28-12-15-10-14(15)11-26/h2-9,14-15,26H,10-12H2,1H3,(H2,22,24,25)/t14-,15-/m0/s1. The molecule has 2 aromatic heterocycles. The quantitative estimate of drug-likeness (QED) is 0.600. The summed E-state index contributed by atoms with van der Waals surface area (Å²) in [6.45, 7) is 0.576. The second kappa shape index (κ2) is 8.32. The van der Waals surface area contributed by atoms with Gasteiger partial charge in [0.15, 0.2) is 23.1 Å². The van der Waals surface area contributed by atoms with Gasteiger partial charge in [0.1, 0.15) is 0 Å². The van der Waals surface area contributed by atoms with Crippen LogP contribution in [0.15, 0.2) is 48.8 Å². The van der Waals surface area contributed by atoms with Crippen molar-refractivity contribution in [1.82, 2.24) is 15.0 Å². The summed E-state index contributed by atoms with van der Waals surface area (Å²) in [5.41, 5.74) is 6.99. The van der Waals surface area contributed by atoms with E-state index in [2.05, 4.69) is 15.0 Å². The van der Waals surface area contributed by atoms with Gasteiger partial charge in [-0.25, -0.2) is 4.98 Å². The highest BCUT2D eigenvalue weighted by Crippen LogP contribution is 2.42. The molecule has 2 atom stereocenters. The van der Waals surface area contributed by atoms with Gasteiger partial charge in [0.25, 0.3) is 5.88 Å². The monoisotopic (exact) mass is 394 g/mol. The van der Waals surface area contributed by atoms with E-state index in [0.29, 0.717) is 29.8 Å². The van der Waals surface area contributed by atoms with Crippen LogP contribution in [0.2, 0.25) is 0 Å². The van der Waals surface area contributed by atoms with Crippen molar-refractivity contribution in [2.45, 2.75) is 6.42 Å². The van der Waals surface area contributed by atoms with Crippen LogP contribution in [-0.4, -0.2) is 40.4 Å². The molecule has 0 aliphatic heterocycles. The van der Waals surface area contributed by atoms with Crippen LogP contribution < -0.4 is 19.9 Å². The van der Waals surface area contributed by atoms with E-state index in [1.165, 1.54) is 0 Å². The largest absolute Gasteiger partial charge is 0.493 e. The smallest absolute Gasteiger partial charge is 0.263 e. The fourth-order valence-corrected chi connectivity index (χ4v) is 3.01. The maximum atomic E-state index is 9.27. The zero-order chi connectivity index (χ0) is 20.2. The third-order valence-electron chi connectivity index (χ3n) is 4.82. The van der Waals surface area contributed by atoms with E-state index in [9.17, 15) is 5.11 Å². The molecular weight excluding hydrogens is 372 g/mol. The van der Waals surface area contributed by atoms with Crippen LogP contribution in [0.4, 0.5) is 5.82 Å². The Hall–Kier alpha value is -3.39. The fraction of sp³-hybridized carbons (Fsp3) is 0.286. The number of pyridine rings is 1. The average molecular weight is 394 g/mol. The van der Waals surface area contributed by atoms with Crippen LogP contribution >= 0.6 is 0 Å². The Labute approximate surface area is 168 Å². The van der Waals surface area contributed by atoms with E-state index in [1.807, 2.05) is 12.1 Å². The van der Waals surface area contributed by atoms with Crippen molar-refractivity contribution in [2.24, 2.45) is 11.8 Å². The lowest BCUT2D eigenvalue weighted by Crippen LogP contribution is -2.08. The van der Waals surface area contributed by atoms with E-state index in [4.69, 9.17) is 19.9 Å². The lowest BCUT2D eigenvalue weighted by atomic mass is 10.2. The predicted molar refractivity (Wildman–Crippen MR) is 107 cm³/mol. The Balaban J connectivity index is 1.68. The second-order valence-corrected chi connectivity index (χ2v) is 6.80. The summed E-state index contributed by atoms with van der Waals surface area (Å²) in [6, 6.07) is 10.8. The number of anilines is 1. The SMILES string of the molecule is COc1ccccc1Oc1c(N)nc(-c2ccncc2)nc1OC[C@@H]1C[C@H]1CO. The highest BCUT2D eigenvalue weighted by molar-refractivity contribution is 5.63. The molecule has 150 valence electrons. The van der Waals surface area contributed by atoms with E-state index < -0.39 is 0 Å². The van der Waals surface area contributed by atoms with Crippen molar-refractivity contribution in [3.8, 4) is 34.5 Å². The Morgan fingerprint density at radius 1 is 1.07 bits per heavy atom. The molecule has 3 N–H and O–H groups in total. The van der Waals surface area contributed by atoms with E-state index in [1.54, 1.807) is 43.8 Å². The van der Waals surface area contributed by atoms with Crippen LogP contribution in [0, 0.1) is 11.8 Å². The molecule has 2 heterocycles. The molecule has 0 radical (unpaired) electrons. The molecule has 0 bridgehead atoms. The topological polar surface area (TPSA) is 113 Å². The Morgan fingerprint density at radius 2 is 1.83 bits per heavy atom. The molecule has 1 aromatic carbocycles. The molecule has 4 rings (SSSR count). The number of nitrogen functional groups attached to an aromatic ring is 1. The van der Waals surface area contributed by atoms with Gasteiger partial charge in [-0.1, -0.05) is 12.1 Å². The number of para-hydroxylation sites is 2. The Bertz CT molecular complexity index is 984. The number of ether oxygens (including phenoxy) is 3. The molecule has 0 saturated heterocycles. The Morgan fingerprint density at radius 3 is 2.52 bits per heavy atom. The van der Waals surface area contributed by atoms with Crippen LogP contribution in [0.3, 0.4) is 0 Å². The third-order valence-corrected chi connectivity index (χ3v) is 4.82. The van der Waals surface area contributed by atoms with Crippen molar-refractivity contribution in [3.05, 3.63) is 48.8 Å². The highest BCUT2D eigenvalue weighted by Gasteiger charge is 2.37. The van der Waals surface area contributed by atoms with Crippen LogP contribution in [0.5, 0.6) is 23.1 Å². The fourth-order valence-electron chi connectivity index (χ4n) is 3.01. The molecule has 1 saturated carbocycles. The van der Waals surface area contributed by atoms with Gasteiger partial charge in [-0.3, -0.25) is 4.98 Å². The molecule has 1 aliphatic carbocycles. The minimum absolute atomic E-state index is 0.155. The van der Waals surface area contributed by atoms with Crippen molar-refractivity contribution >= 4 is 5.82 Å². The number of benzene rings is 1. The van der Waals surface area contributed by atoms with Gasteiger partial charge in [-0.15, -0.1) is 0 Å². The number of rotatable bonds is 8. The molecule has 0 spiro atoms. The van der Waals surface area contributed by atoms with Crippen molar-refractivity contribution in [3.63, 3.8) is 0 Å². The molecule has 8 heteroatoms. The van der Waals surface area contributed by atoms with Crippen molar-refractivity contribution in [2.75, 3.05) is 26.1 Å². The summed E-state index contributed by atoms with van der Waals surface area (Å²) in [6.07, 6.45) is 4.24.